The third kappa shape index (κ3) is 3.06. The standard InChI is InChI=1S/C15H24N2/c1-11(2)17-9-13-5-4-6-14(13)15-10-16-8-7-12(15)3/h7-8,10-11,13-14,17H,4-6,9H2,1-3H3. The SMILES string of the molecule is Cc1ccncc1C1CCCC1CNC(C)C. The Morgan fingerprint density at radius 2 is 2.24 bits per heavy atom. The van der Waals surface area contributed by atoms with Crippen molar-refractivity contribution in [2.75, 3.05) is 6.54 Å². The highest BCUT2D eigenvalue weighted by molar-refractivity contribution is 5.27. The molecule has 1 fully saturated rings. The number of aromatic nitrogens is 1. The molecule has 2 nitrogen and oxygen atoms in total. The first-order valence-electron chi connectivity index (χ1n) is 6.82. The van der Waals surface area contributed by atoms with E-state index < -0.39 is 0 Å². The monoisotopic (exact) mass is 232 g/mol. The lowest BCUT2D eigenvalue weighted by molar-refractivity contribution is 0.421. The van der Waals surface area contributed by atoms with Crippen molar-refractivity contribution in [3.8, 4) is 0 Å². The van der Waals surface area contributed by atoms with Crippen LogP contribution in [0.2, 0.25) is 0 Å². The fourth-order valence-electron chi connectivity index (χ4n) is 2.94. The van der Waals surface area contributed by atoms with Crippen LogP contribution < -0.4 is 5.32 Å². The van der Waals surface area contributed by atoms with E-state index in [1.807, 2.05) is 6.20 Å². The number of pyridine rings is 1. The normalized spacial score (nSPS) is 24.5. The molecule has 0 saturated heterocycles. The summed E-state index contributed by atoms with van der Waals surface area (Å²) in [6.45, 7) is 7.80. The molecular formula is C15H24N2. The van der Waals surface area contributed by atoms with Gasteiger partial charge < -0.3 is 5.32 Å². The van der Waals surface area contributed by atoms with Crippen LogP contribution in [0, 0.1) is 12.8 Å². The smallest absolute Gasteiger partial charge is 0.0305 e. The van der Waals surface area contributed by atoms with Gasteiger partial charge in [0.15, 0.2) is 0 Å². The van der Waals surface area contributed by atoms with Gasteiger partial charge in [0, 0.05) is 18.4 Å². The van der Waals surface area contributed by atoms with Crippen LogP contribution in [0.15, 0.2) is 18.5 Å². The molecule has 1 aliphatic rings. The molecule has 0 aliphatic heterocycles. The van der Waals surface area contributed by atoms with Crippen molar-refractivity contribution in [3.05, 3.63) is 29.6 Å². The second-order valence-corrected chi connectivity index (χ2v) is 5.59. The lowest BCUT2D eigenvalue weighted by Gasteiger charge is -2.22. The molecule has 1 aromatic rings. The Hall–Kier alpha value is -0.890. The molecule has 1 heterocycles. The van der Waals surface area contributed by atoms with Crippen molar-refractivity contribution in [2.45, 2.75) is 52.0 Å². The summed E-state index contributed by atoms with van der Waals surface area (Å²) in [5.74, 6) is 1.51. The molecule has 0 radical (unpaired) electrons. The maximum atomic E-state index is 4.30. The summed E-state index contributed by atoms with van der Waals surface area (Å²) >= 11 is 0. The molecule has 1 saturated carbocycles. The summed E-state index contributed by atoms with van der Waals surface area (Å²) in [6.07, 6.45) is 8.03. The Balaban J connectivity index is 2.07. The van der Waals surface area contributed by atoms with Gasteiger partial charge in [-0.1, -0.05) is 20.3 Å². The van der Waals surface area contributed by atoms with Gasteiger partial charge in [-0.25, -0.2) is 0 Å². The fourth-order valence-corrected chi connectivity index (χ4v) is 2.94. The summed E-state index contributed by atoms with van der Waals surface area (Å²) in [6, 6.07) is 2.73. The molecule has 17 heavy (non-hydrogen) atoms. The Morgan fingerprint density at radius 1 is 1.41 bits per heavy atom. The number of hydrogen-bond donors (Lipinski definition) is 1. The number of aryl methyl sites for hydroxylation is 1. The molecule has 0 bridgehead atoms. The van der Waals surface area contributed by atoms with Gasteiger partial charge >= 0.3 is 0 Å². The lowest BCUT2D eigenvalue weighted by atomic mass is 9.87. The van der Waals surface area contributed by atoms with Gasteiger partial charge in [0.1, 0.15) is 0 Å². The van der Waals surface area contributed by atoms with Crippen LogP contribution in [-0.2, 0) is 0 Å². The summed E-state index contributed by atoms with van der Waals surface area (Å²) in [4.78, 5) is 4.30. The van der Waals surface area contributed by atoms with Gasteiger partial charge in [-0.2, -0.15) is 0 Å². The third-order valence-electron chi connectivity index (χ3n) is 3.93. The van der Waals surface area contributed by atoms with E-state index in [1.165, 1.54) is 30.4 Å². The van der Waals surface area contributed by atoms with Crippen LogP contribution in [0.1, 0.15) is 50.2 Å². The Labute approximate surface area is 105 Å². The van der Waals surface area contributed by atoms with E-state index in [9.17, 15) is 0 Å². The minimum absolute atomic E-state index is 0.589. The predicted octanol–water partition coefficient (Wildman–Crippen LogP) is 3.27. The number of rotatable bonds is 4. The van der Waals surface area contributed by atoms with E-state index in [0.717, 1.165) is 18.4 Å². The molecule has 1 N–H and O–H groups in total. The van der Waals surface area contributed by atoms with Crippen LogP contribution in [0.4, 0.5) is 0 Å². The maximum absolute atomic E-state index is 4.30. The molecule has 0 amide bonds. The number of nitrogens with zero attached hydrogens (tertiary/aromatic N) is 1. The highest BCUT2D eigenvalue weighted by Crippen LogP contribution is 2.40. The fraction of sp³-hybridized carbons (Fsp3) is 0.667. The second-order valence-electron chi connectivity index (χ2n) is 5.59. The van der Waals surface area contributed by atoms with Gasteiger partial charge in [-0.15, -0.1) is 0 Å². The van der Waals surface area contributed by atoms with E-state index in [-0.39, 0.29) is 0 Å². The molecule has 2 unspecified atom stereocenters. The van der Waals surface area contributed by atoms with Gasteiger partial charge in [0.25, 0.3) is 0 Å². The van der Waals surface area contributed by atoms with Crippen molar-refractivity contribution >= 4 is 0 Å². The Kier molecular flexibility index (Phi) is 4.16. The third-order valence-corrected chi connectivity index (χ3v) is 3.93. The van der Waals surface area contributed by atoms with Crippen LogP contribution in [0.5, 0.6) is 0 Å². The van der Waals surface area contributed by atoms with Crippen molar-refractivity contribution < 1.29 is 0 Å². The van der Waals surface area contributed by atoms with Crippen LogP contribution >= 0.6 is 0 Å². The van der Waals surface area contributed by atoms with Gasteiger partial charge in [-0.3, -0.25) is 4.98 Å². The summed E-state index contributed by atoms with van der Waals surface area (Å²) in [5, 5.41) is 3.59. The van der Waals surface area contributed by atoms with Crippen molar-refractivity contribution in [2.24, 2.45) is 5.92 Å². The zero-order valence-corrected chi connectivity index (χ0v) is 11.2. The van der Waals surface area contributed by atoms with Crippen molar-refractivity contribution in [3.63, 3.8) is 0 Å². The topological polar surface area (TPSA) is 24.9 Å². The van der Waals surface area contributed by atoms with Gasteiger partial charge in [0.2, 0.25) is 0 Å². The molecule has 0 aromatic carbocycles. The van der Waals surface area contributed by atoms with Crippen LogP contribution in [-0.4, -0.2) is 17.6 Å². The van der Waals surface area contributed by atoms with E-state index in [1.54, 1.807) is 0 Å². The van der Waals surface area contributed by atoms with E-state index in [4.69, 9.17) is 0 Å². The number of nitrogens with one attached hydrogen (secondary N) is 1. The zero-order chi connectivity index (χ0) is 12.3. The first-order valence-corrected chi connectivity index (χ1v) is 6.82. The number of hydrogen-bond acceptors (Lipinski definition) is 2. The largest absolute Gasteiger partial charge is 0.314 e. The van der Waals surface area contributed by atoms with Crippen molar-refractivity contribution in [1.29, 1.82) is 0 Å². The van der Waals surface area contributed by atoms with Crippen molar-refractivity contribution in [1.82, 2.24) is 10.3 Å². The van der Waals surface area contributed by atoms with E-state index in [0.29, 0.717) is 6.04 Å². The molecule has 1 aliphatic carbocycles. The highest BCUT2D eigenvalue weighted by Gasteiger charge is 2.29. The first kappa shape index (κ1) is 12.6. The molecular weight excluding hydrogens is 208 g/mol. The Morgan fingerprint density at radius 3 is 2.94 bits per heavy atom. The average Bonchev–Trinajstić information content (AvgIpc) is 2.75. The predicted molar refractivity (Wildman–Crippen MR) is 72.2 cm³/mol. The summed E-state index contributed by atoms with van der Waals surface area (Å²) in [7, 11) is 0. The van der Waals surface area contributed by atoms with Gasteiger partial charge in [0.05, 0.1) is 0 Å². The van der Waals surface area contributed by atoms with Crippen LogP contribution in [0.3, 0.4) is 0 Å². The summed E-state index contributed by atoms with van der Waals surface area (Å²) < 4.78 is 0. The molecule has 94 valence electrons. The van der Waals surface area contributed by atoms with Gasteiger partial charge in [-0.05, 0) is 55.3 Å². The Bertz CT molecular complexity index is 360. The molecule has 2 atom stereocenters. The zero-order valence-electron chi connectivity index (χ0n) is 11.2. The minimum atomic E-state index is 0.589. The molecule has 2 rings (SSSR count). The summed E-state index contributed by atoms with van der Waals surface area (Å²) in [5.41, 5.74) is 2.88. The quantitative estimate of drug-likeness (QED) is 0.862. The molecule has 1 aromatic heterocycles. The second kappa shape index (κ2) is 5.63. The average molecular weight is 232 g/mol. The highest BCUT2D eigenvalue weighted by atomic mass is 14.9. The maximum Gasteiger partial charge on any atom is 0.0305 e. The van der Waals surface area contributed by atoms with E-state index >= 15 is 0 Å². The lowest BCUT2D eigenvalue weighted by Crippen LogP contribution is -2.30. The molecule has 0 spiro atoms. The first-order chi connectivity index (χ1) is 8.18. The minimum Gasteiger partial charge on any atom is -0.314 e. The molecule has 2 heteroatoms. The van der Waals surface area contributed by atoms with E-state index in [2.05, 4.69) is 43.3 Å². The van der Waals surface area contributed by atoms with Crippen LogP contribution in [0.25, 0.3) is 0 Å².